The van der Waals surface area contributed by atoms with Gasteiger partial charge in [-0.25, -0.2) is 4.79 Å². The summed E-state index contributed by atoms with van der Waals surface area (Å²) in [6, 6.07) is 1.52. The van der Waals surface area contributed by atoms with Gasteiger partial charge in [-0.1, -0.05) is 12.2 Å². The molecule has 6 heteroatoms. The second-order valence-electron chi connectivity index (χ2n) is 4.22. The molecule has 1 rings (SSSR count). The summed E-state index contributed by atoms with van der Waals surface area (Å²) in [7, 11) is 0. The van der Waals surface area contributed by atoms with Crippen LogP contribution in [0.1, 0.15) is 18.6 Å². The quantitative estimate of drug-likeness (QED) is 0.502. The van der Waals surface area contributed by atoms with E-state index in [4.69, 9.17) is 4.74 Å². The molecular formula is C13H20N2O3S. The van der Waals surface area contributed by atoms with Crippen molar-refractivity contribution in [1.29, 1.82) is 0 Å². The van der Waals surface area contributed by atoms with Crippen LogP contribution in [0.5, 0.6) is 0 Å². The maximum absolute atomic E-state index is 11.4. The van der Waals surface area contributed by atoms with Crippen molar-refractivity contribution >= 4 is 17.4 Å². The number of ether oxygens (including phenoxy) is 1. The maximum atomic E-state index is 11.4. The van der Waals surface area contributed by atoms with E-state index >= 15 is 0 Å². The molecule has 1 aromatic rings. The Morgan fingerprint density at radius 3 is 3.00 bits per heavy atom. The van der Waals surface area contributed by atoms with E-state index < -0.39 is 6.10 Å². The zero-order valence-corrected chi connectivity index (χ0v) is 11.8. The van der Waals surface area contributed by atoms with Crippen LogP contribution in [-0.2, 0) is 4.74 Å². The molecule has 1 unspecified atom stereocenters. The molecule has 0 aliphatic rings. The number of carbonyl (C=O) groups is 1. The zero-order chi connectivity index (χ0) is 14.1. The summed E-state index contributed by atoms with van der Waals surface area (Å²) >= 11 is 1.51. The molecule has 0 bridgehead atoms. The number of thiophene rings is 1. The summed E-state index contributed by atoms with van der Waals surface area (Å²) in [5.41, 5.74) is 1.76. The van der Waals surface area contributed by atoms with E-state index in [0.29, 0.717) is 19.8 Å². The van der Waals surface area contributed by atoms with Crippen LogP contribution in [0.25, 0.3) is 0 Å². The average molecular weight is 284 g/mol. The molecule has 0 aliphatic heterocycles. The summed E-state index contributed by atoms with van der Waals surface area (Å²) in [5.74, 6) is 0. The molecule has 5 nitrogen and oxygen atoms in total. The molecule has 0 saturated carbocycles. The van der Waals surface area contributed by atoms with Crippen molar-refractivity contribution < 1.29 is 14.6 Å². The van der Waals surface area contributed by atoms with Gasteiger partial charge in [0.1, 0.15) is 0 Å². The van der Waals surface area contributed by atoms with E-state index in [1.54, 1.807) is 0 Å². The Kier molecular flexibility index (Phi) is 7.17. The standard InChI is InChI=1S/C13H20N2O3S/c1-10(2)8-18-5-4-14-13(17)15-7-12(16)11-3-6-19-9-11/h3,6,9,12,16H,1,4-5,7-8H2,2H3,(H2,14,15,17). The Morgan fingerprint density at radius 2 is 2.37 bits per heavy atom. The molecule has 106 valence electrons. The molecule has 2 amide bonds. The van der Waals surface area contributed by atoms with E-state index in [1.165, 1.54) is 11.3 Å². The van der Waals surface area contributed by atoms with Gasteiger partial charge in [-0.15, -0.1) is 0 Å². The Morgan fingerprint density at radius 1 is 1.58 bits per heavy atom. The minimum Gasteiger partial charge on any atom is -0.387 e. The molecule has 0 fully saturated rings. The van der Waals surface area contributed by atoms with Gasteiger partial charge in [0.05, 0.1) is 19.3 Å². The van der Waals surface area contributed by atoms with Crippen LogP contribution < -0.4 is 10.6 Å². The second-order valence-corrected chi connectivity index (χ2v) is 5.00. The molecule has 1 atom stereocenters. The lowest BCUT2D eigenvalue weighted by Crippen LogP contribution is -2.39. The van der Waals surface area contributed by atoms with Crippen molar-refractivity contribution in [3.05, 3.63) is 34.5 Å². The molecule has 0 aliphatic carbocycles. The minimum absolute atomic E-state index is 0.190. The largest absolute Gasteiger partial charge is 0.387 e. The number of hydrogen-bond acceptors (Lipinski definition) is 4. The van der Waals surface area contributed by atoms with Crippen LogP contribution in [0, 0.1) is 0 Å². The predicted octanol–water partition coefficient (Wildman–Crippen LogP) is 1.67. The number of hydrogen-bond donors (Lipinski definition) is 3. The first-order valence-corrected chi connectivity index (χ1v) is 6.98. The van der Waals surface area contributed by atoms with E-state index in [2.05, 4.69) is 17.2 Å². The van der Waals surface area contributed by atoms with E-state index in [-0.39, 0.29) is 12.6 Å². The molecule has 0 saturated heterocycles. The van der Waals surface area contributed by atoms with Gasteiger partial charge in [0.25, 0.3) is 0 Å². The average Bonchev–Trinajstić information content (AvgIpc) is 2.89. The van der Waals surface area contributed by atoms with Gasteiger partial charge < -0.3 is 20.5 Å². The number of nitrogens with one attached hydrogen (secondary N) is 2. The minimum atomic E-state index is -0.670. The van der Waals surface area contributed by atoms with Crippen molar-refractivity contribution in [3.63, 3.8) is 0 Å². The lowest BCUT2D eigenvalue weighted by molar-refractivity contribution is 0.155. The van der Waals surface area contributed by atoms with Gasteiger partial charge in [-0.2, -0.15) is 11.3 Å². The number of amides is 2. The highest BCUT2D eigenvalue weighted by atomic mass is 32.1. The summed E-state index contributed by atoms with van der Waals surface area (Å²) in [4.78, 5) is 11.4. The molecule has 1 aromatic heterocycles. The Bertz CT molecular complexity index is 393. The highest BCUT2D eigenvalue weighted by Crippen LogP contribution is 2.14. The summed E-state index contributed by atoms with van der Waals surface area (Å²) in [5, 5.41) is 18.7. The predicted molar refractivity (Wildman–Crippen MR) is 76.3 cm³/mol. The highest BCUT2D eigenvalue weighted by molar-refractivity contribution is 7.07. The number of aliphatic hydroxyl groups is 1. The zero-order valence-electron chi connectivity index (χ0n) is 11.0. The first-order valence-electron chi connectivity index (χ1n) is 6.03. The second kappa shape index (κ2) is 8.68. The smallest absolute Gasteiger partial charge is 0.314 e. The molecule has 0 aromatic carbocycles. The summed E-state index contributed by atoms with van der Waals surface area (Å²) < 4.78 is 5.24. The summed E-state index contributed by atoms with van der Waals surface area (Å²) in [6.07, 6.45) is -0.670. The first-order chi connectivity index (χ1) is 9.09. The van der Waals surface area contributed by atoms with Crippen molar-refractivity contribution in [3.8, 4) is 0 Å². The van der Waals surface area contributed by atoms with Crippen LogP contribution >= 0.6 is 11.3 Å². The third-order valence-corrected chi connectivity index (χ3v) is 2.97. The highest BCUT2D eigenvalue weighted by Gasteiger charge is 2.09. The van der Waals surface area contributed by atoms with E-state index in [1.807, 2.05) is 23.8 Å². The molecule has 1 heterocycles. The topological polar surface area (TPSA) is 70.6 Å². The van der Waals surface area contributed by atoms with Gasteiger partial charge in [0.15, 0.2) is 0 Å². The van der Waals surface area contributed by atoms with Gasteiger partial charge in [0.2, 0.25) is 0 Å². The molecule has 19 heavy (non-hydrogen) atoms. The third-order valence-electron chi connectivity index (χ3n) is 2.26. The van der Waals surface area contributed by atoms with Crippen molar-refractivity contribution in [2.24, 2.45) is 0 Å². The first kappa shape index (κ1) is 15.7. The van der Waals surface area contributed by atoms with Crippen LogP contribution in [-0.4, -0.2) is 37.4 Å². The lowest BCUT2D eigenvalue weighted by atomic mass is 10.2. The van der Waals surface area contributed by atoms with Gasteiger partial charge in [-0.3, -0.25) is 0 Å². The third kappa shape index (κ3) is 6.95. The van der Waals surface area contributed by atoms with Crippen LogP contribution in [0.4, 0.5) is 4.79 Å². The maximum Gasteiger partial charge on any atom is 0.314 e. The van der Waals surface area contributed by atoms with Crippen molar-refractivity contribution in [2.45, 2.75) is 13.0 Å². The van der Waals surface area contributed by atoms with Gasteiger partial charge in [-0.05, 0) is 29.3 Å². The van der Waals surface area contributed by atoms with E-state index in [9.17, 15) is 9.90 Å². The van der Waals surface area contributed by atoms with E-state index in [0.717, 1.165) is 11.1 Å². The van der Waals surface area contributed by atoms with Crippen molar-refractivity contribution in [1.82, 2.24) is 10.6 Å². The molecule has 0 radical (unpaired) electrons. The fraction of sp³-hybridized carbons (Fsp3) is 0.462. The van der Waals surface area contributed by atoms with Crippen LogP contribution in [0.3, 0.4) is 0 Å². The van der Waals surface area contributed by atoms with Gasteiger partial charge in [0, 0.05) is 13.1 Å². The SMILES string of the molecule is C=C(C)COCCNC(=O)NCC(O)c1ccsc1. The molecule has 3 N–H and O–H groups in total. The lowest BCUT2D eigenvalue weighted by Gasteiger charge is -2.11. The van der Waals surface area contributed by atoms with Crippen molar-refractivity contribution in [2.75, 3.05) is 26.3 Å². The van der Waals surface area contributed by atoms with Gasteiger partial charge >= 0.3 is 6.03 Å². The number of aliphatic hydroxyl groups excluding tert-OH is 1. The Hall–Kier alpha value is -1.37. The Balaban J connectivity index is 2.06. The fourth-order valence-electron chi connectivity index (χ4n) is 1.32. The van der Waals surface area contributed by atoms with Crippen LogP contribution in [0.2, 0.25) is 0 Å². The molecular weight excluding hydrogens is 264 g/mol. The molecule has 0 spiro atoms. The fourth-order valence-corrected chi connectivity index (χ4v) is 2.02. The Labute approximate surface area is 117 Å². The number of rotatable bonds is 8. The van der Waals surface area contributed by atoms with Crippen LogP contribution in [0.15, 0.2) is 29.0 Å². The summed E-state index contributed by atoms with van der Waals surface area (Å²) in [6.45, 7) is 7.14. The number of urea groups is 1. The monoisotopic (exact) mass is 284 g/mol. The number of carbonyl (C=O) groups excluding carboxylic acids is 1. The normalized spacial score (nSPS) is 11.9.